The van der Waals surface area contributed by atoms with E-state index in [0.717, 1.165) is 69.3 Å². The van der Waals surface area contributed by atoms with Gasteiger partial charge in [0.2, 0.25) is 17.8 Å². The standard InChI is InChI=1S/C25H35N7O2/c1-19(33)32-15-8-20(9-16-32)18-27-23-7-11-26-25(30-23)29-22-6-4-5-21(17-22)28-24(34)10-14-31-12-2-3-13-31/h4-7,11,17,20H,2-3,8-10,12-16,18H2,1H3,(H,28,34)(H2,26,27,29,30). The second kappa shape index (κ2) is 11.8. The molecule has 0 radical (unpaired) electrons. The number of nitrogens with one attached hydrogen (secondary N) is 3. The predicted molar refractivity (Wildman–Crippen MR) is 134 cm³/mol. The fraction of sp³-hybridized carbons (Fsp3) is 0.520. The van der Waals surface area contributed by atoms with Gasteiger partial charge in [0.05, 0.1) is 0 Å². The summed E-state index contributed by atoms with van der Waals surface area (Å²) in [5.41, 5.74) is 1.56. The molecule has 2 aliphatic heterocycles. The lowest BCUT2D eigenvalue weighted by molar-refractivity contribution is -0.130. The molecular weight excluding hydrogens is 430 g/mol. The van der Waals surface area contributed by atoms with Crippen LogP contribution in [0.3, 0.4) is 0 Å². The first-order valence-corrected chi connectivity index (χ1v) is 12.3. The highest BCUT2D eigenvalue weighted by Gasteiger charge is 2.20. The molecule has 0 spiro atoms. The van der Waals surface area contributed by atoms with Gasteiger partial charge in [-0.3, -0.25) is 9.59 Å². The molecule has 1 aromatic carbocycles. The fourth-order valence-electron chi connectivity index (χ4n) is 4.51. The van der Waals surface area contributed by atoms with E-state index in [4.69, 9.17) is 0 Å². The molecule has 0 unspecified atom stereocenters. The van der Waals surface area contributed by atoms with Gasteiger partial charge in [0, 0.05) is 57.1 Å². The van der Waals surface area contributed by atoms with Gasteiger partial charge in [-0.1, -0.05) is 6.07 Å². The number of anilines is 4. The summed E-state index contributed by atoms with van der Waals surface area (Å²) in [7, 11) is 0. The van der Waals surface area contributed by atoms with E-state index in [1.165, 1.54) is 12.8 Å². The molecule has 2 amide bonds. The van der Waals surface area contributed by atoms with E-state index in [1.807, 2.05) is 35.2 Å². The van der Waals surface area contributed by atoms with Crippen LogP contribution >= 0.6 is 0 Å². The number of rotatable bonds is 9. The number of carbonyl (C=O) groups excluding carboxylic acids is 2. The van der Waals surface area contributed by atoms with Crippen molar-refractivity contribution in [3.05, 3.63) is 36.5 Å². The number of hydrogen-bond acceptors (Lipinski definition) is 7. The number of hydrogen-bond donors (Lipinski definition) is 3. The molecule has 182 valence electrons. The van der Waals surface area contributed by atoms with E-state index in [0.29, 0.717) is 18.3 Å². The molecule has 4 rings (SSSR count). The molecule has 0 atom stereocenters. The van der Waals surface area contributed by atoms with Crippen LogP contribution in [0.1, 0.15) is 39.0 Å². The molecule has 9 heteroatoms. The number of likely N-dealkylation sites (tertiary alicyclic amines) is 2. The van der Waals surface area contributed by atoms with E-state index in [-0.39, 0.29) is 11.8 Å². The van der Waals surface area contributed by atoms with Gasteiger partial charge in [-0.25, -0.2) is 4.98 Å². The van der Waals surface area contributed by atoms with Crippen LogP contribution in [0.2, 0.25) is 0 Å². The summed E-state index contributed by atoms with van der Waals surface area (Å²) in [6.07, 6.45) is 6.68. The highest BCUT2D eigenvalue weighted by atomic mass is 16.2. The Morgan fingerprint density at radius 1 is 1.06 bits per heavy atom. The van der Waals surface area contributed by atoms with Crippen molar-refractivity contribution in [1.82, 2.24) is 19.8 Å². The van der Waals surface area contributed by atoms with Crippen molar-refractivity contribution in [2.45, 2.75) is 39.0 Å². The van der Waals surface area contributed by atoms with E-state index in [2.05, 4.69) is 30.8 Å². The van der Waals surface area contributed by atoms with Gasteiger partial charge < -0.3 is 25.8 Å². The van der Waals surface area contributed by atoms with Crippen LogP contribution in [0.25, 0.3) is 0 Å². The largest absolute Gasteiger partial charge is 0.370 e. The maximum atomic E-state index is 12.3. The molecule has 9 nitrogen and oxygen atoms in total. The Morgan fingerprint density at radius 2 is 1.82 bits per heavy atom. The molecule has 2 aromatic rings. The summed E-state index contributed by atoms with van der Waals surface area (Å²) < 4.78 is 0. The van der Waals surface area contributed by atoms with Gasteiger partial charge in [0.1, 0.15) is 5.82 Å². The van der Waals surface area contributed by atoms with Gasteiger partial charge >= 0.3 is 0 Å². The first kappa shape index (κ1) is 23.9. The van der Waals surface area contributed by atoms with Crippen molar-refractivity contribution < 1.29 is 9.59 Å². The molecule has 0 aliphatic carbocycles. The number of aromatic nitrogens is 2. The van der Waals surface area contributed by atoms with E-state index in [9.17, 15) is 9.59 Å². The highest BCUT2D eigenvalue weighted by molar-refractivity contribution is 5.91. The second-order valence-corrected chi connectivity index (χ2v) is 9.15. The van der Waals surface area contributed by atoms with Crippen molar-refractivity contribution in [1.29, 1.82) is 0 Å². The smallest absolute Gasteiger partial charge is 0.229 e. The van der Waals surface area contributed by atoms with Crippen LogP contribution in [0.5, 0.6) is 0 Å². The molecular formula is C25H35N7O2. The SMILES string of the molecule is CC(=O)N1CCC(CNc2ccnc(Nc3cccc(NC(=O)CCN4CCCC4)c3)n2)CC1. The normalized spacial score (nSPS) is 16.9. The summed E-state index contributed by atoms with van der Waals surface area (Å²) in [5, 5.41) is 9.62. The third-order valence-electron chi connectivity index (χ3n) is 6.54. The maximum Gasteiger partial charge on any atom is 0.229 e. The lowest BCUT2D eigenvalue weighted by atomic mass is 9.97. The van der Waals surface area contributed by atoms with Crippen LogP contribution in [0.15, 0.2) is 36.5 Å². The van der Waals surface area contributed by atoms with Crippen molar-refractivity contribution >= 4 is 35.0 Å². The van der Waals surface area contributed by atoms with Crippen LogP contribution in [0, 0.1) is 5.92 Å². The van der Waals surface area contributed by atoms with Gasteiger partial charge in [0.25, 0.3) is 0 Å². The quantitative estimate of drug-likeness (QED) is 0.522. The topological polar surface area (TPSA) is 102 Å². The molecule has 3 N–H and O–H groups in total. The molecule has 2 aliphatic rings. The summed E-state index contributed by atoms with van der Waals surface area (Å²) in [4.78, 5) is 37.0. The van der Waals surface area contributed by atoms with Gasteiger partial charge in [-0.05, 0) is 69.0 Å². The molecule has 2 fully saturated rings. The van der Waals surface area contributed by atoms with Crippen molar-refractivity contribution in [3.63, 3.8) is 0 Å². The minimum Gasteiger partial charge on any atom is -0.370 e. The Bertz CT molecular complexity index is 969. The van der Waals surface area contributed by atoms with Gasteiger partial charge in [-0.15, -0.1) is 0 Å². The van der Waals surface area contributed by atoms with Crippen LogP contribution in [-0.4, -0.2) is 70.9 Å². The van der Waals surface area contributed by atoms with E-state index >= 15 is 0 Å². The Balaban J connectivity index is 1.25. The molecule has 1 aromatic heterocycles. The molecule has 34 heavy (non-hydrogen) atoms. The third-order valence-corrected chi connectivity index (χ3v) is 6.54. The average molecular weight is 466 g/mol. The van der Waals surface area contributed by atoms with E-state index < -0.39 is 0 Å². The summed E-state index contributed by atoms with van der Waals surface area (Å²) in [6, 6.07) is 9.45. The lowest BCUT2D eigenvalue weighted by Crippen LogP contribution is -2.38. The predicted octanol–water partition coefficient (Wildman–Crippen LogP) is 3.32. The lowest BCUT2D eigenvalue weighted by Gasteiger charge is -2.31. The van der Waals surface area contributed by atoms with Crippen molar-refractivity contribution in [2.75, 3.05) is 55.2 Å². The zero-order valence-electron chi connectivity index (χ0n) is 19.9. The molecule has 2 saturated heterocycles. The Morgan fingerprint density at radius 3 is 2.59 bits per heavy atom. The van der Waals surface area contributed by atoms with Gasteiger partial charge in [0.15, 0.2) is 0 Å². The van der Waals surface area contributed by atoms with Gasteiger partial charge in [-0.2, -0.15) is 4.98 Å². The van der Waals surface area contributed by atoms with Crippen LogP contribution < -0.4 is 16.0 Å². The molecule has 0 bridgehead atoms. The van der Waals surface area contributed by atoms with Crippen LogP contribution in [0.4, 0.5) is 23.1 Å². The number of nitrogens with zero attached hydrogens (tertiary/aromatic N) is 4. The minimum absolute atomic E-state index is 0.0284. The molecule has 0 saturated carbocycles. The first-order chi connectivity index (χ1) is 16.5. The summed E-state index contributed by atoms with van der Waals surface area (Å²) in [6.45, 7) is 7.10. The third kappa shape index (κ3) is 7.15. The number of amides is 2. The van der Waals surface area contributed by atoms with Crippen LogP contribution in [-0.2, 0) is 9.59 Å². The maximum absolute atomic E-state index is 12.3. The highest BCUT2D eigenvalue weighted by Crippen LogP contribution is 2.21. The van der Waals surface area contributed by atoms with Crippen molar-refractivity contribution in [2.24, 2.45) is 5.92 Å². The summed E-state index contributed by atoms with van der Waals surface area (Å²) in [5.74, 6) is 1.96. The van der Waals surface area contributed by atoms with Crippen molar-refractivity contribution in [3.8, 4) is 0 Å². The number of benzene rings is 1. The Labute approximate surface area is 201 Å². The Kier molecular flexibility index (Phi) is 8.30. The summed E-state index contributed by atoms with van der Waals surface area (Å²) >= 11 is 0. The van der Waals surface area contributed by atoms with E-state index in [1.54, 1.807) is 13.1 Å². The fourth-order valence-corrected chi connectivity index (χ4v) is 4.51. The zero-order valence-corrected chi connectivity index (χ0v) is 19.9. The molecule has 3 heterocycles. The Hall–Kier alpha value is -3.20. The second-order valence-electron chi connectivity index (χ2n) is 9.15. The average Bonchev–Trinajstić information content (AvgIpc) is 3.36. The number of piperidine rings is 1. The number of carbonyl (C=O) groups is 2. The monoisotopic (exact) mass is 465 g/mol. The minimum atomic E-state index is 0.0284. The zero-order chi connectivity index (χ0) is 23.8. The first-order valence-electron chi connectivity index (χ1n) is 12.3.